The Morgan fingerprint density at radius 3 is 2.53 bits per heavy atom. The maximum absolute atomic E-state index is 14.3. The number of hydrogen-bond donors (Lipinski definition) is 0. The number of aromatic nitrogens is 3. The second-order valence-corrected chi connectivity index (χ2v) is 8.14. The van der Waals surface area contributed by atoms with Gasteiger partial charge in [-0.25, -0.2) is 4.39 Å². The quantitative estimate of drug-likeness (QED) is 0.417. The number of carbonyl (C=O) groups excluding carboxylic acids is 1. The van der Waals surface area contributed by atoms with Crippen LogP contribution in [0, 0.1) is 5.82 Å². The number of anilines is 1. The highest BCUT2D eigenvalue weighted by atomic mass is 32.2. The molecule has 2 heterocycles. The van der Waals surface area contributed by atoms with Crippen LogP contribution in [0.15, 0.2) is 90.3 Å². The molecule has 0 aliphatic carbocycles. The van der Waals surface area contributed by atoms with Gasteiger partial charge in [0.25, 0.3) is 0 Å². The molecule has 160 valence electrons. The number of benzene rings is 3. The molecule has 3 aromatic carbocycles. The number of fused-ring (bicyclic) bond motifs is 1. The highest BCUT2D eigenvalue weighted by Gasteiger charge is 2.33. The molecule has 0 bridgehead atoms. The summed E-state index contributed by atoms with van der Waals surface area (Å²) < 4.78 is 21.7. The molecule has 0 unspecified atom stereocenters. The third kappa shape index (κ3) is 3.85. The van der Waals surface area contributed by atoms with Gasteiger partial charge in [-0.05, 0) is 29.8 Å². The Balaban J connectivity index is 1.42. The van der Waals surface area contributed by atoms with E-state index in [9.17, 15) is 9.18 Å². The Bertz CT molecular complexity index is 1250. The van der Waals surface area contributed by atoms with E-state index in [1.165, 1.54) is 24.2 Å². The number of amides is 1. The van der Waals surface area contributed by atoms with Gasteiger partial charge in [-0.3, -0.25) is 14.3 Å². The third-order valence-corrected chi connectivity index (χ3v) is 6.17. The van der Waals surface area contributed by atoms with Gasteiger partial charge in [-0.1, -0.05) is 66.4 Å². The van der Waals surface area contributed by atoms with Crippen LogP contribution in [0.1, 0.15) is 11.6 Å². The van der Waals surface area contributed by atoms with Crippen LogP contribution in [-0.4, -0.2) is 33.0 Å². The average Bonchev–Trinajstić information content (AvgIpc) is 3.31. The molecular formula is C24H19FN4O2S. The molecule has 0 radical (unpaired) electrons. The highest BCUT2D eigenvalue weighted by Crippen LogP contribution is 2.39. The summed E-state index contributed by atoms with van der Waals surface area (Å²) in [4.78, 5) is 15.3. The molecule has 0 N–H and O–H groups in total. The predicted octanol–water partition coefficient (Wildman–Crippen LogP) is 4.67. The van der Waals surface area contributed by atoms with Crippen LogP contribution in [0.5, 0.6) is 5.75 Å². The second kappa shape index (κ2) is 8.84. The minimum Gasteiger partial charge on any atom is -0.489 e. The van der Waals surface area contributed by atoms with Crippen molar-refractivity contribution in [2.75, 3.05) is 17.3 Å². The lowest BCUT2D eigenvalue weighted by Gasteiger charge is -2.37. The summed E-state index contributed by atoms with van der Waals surface area (Å²) in [7, 11) is 0. The summed E-state index contributed by atoms with van der Waals surface area (Å²) in [6.45, 7) is 0.364. The van der Waals surface area contributed by atoms with Gasteiger partial charge in [-0.15, -0.1) is 10.2 Å². The first-order valence-electron chi connectivity index (χ1n) is 10.1. The molecule has 1 amide bonds. The van der Waals surface area contributed by atoms with E-state index in [0.29, 0.717) is 23.2 Å². The molecule has 32 heavy (non-hydrogen) atoms. The van der Waals surface area contributed by atoms with Crippen molar-refractivity contribution in [2.24, 2.45) is 0 Å². The fraction of sp³-hybridized carbons (Fsp3) is 0.125. The first kappa shape index (κ1) is 20.3. The van der Waals surface area contributed by atoms with E-state index in [1.807, 2.05) is 54.6 Å². The molecule has 0 fully saturated rings. The number of halogens is 1. The van der Waals surface area contributed by atoms with Gasteiger partial charge in [0, 0.05) is 0 Å². The predicted molar refractivity (Wildman–Crippen MR) is 121 cm³/mol. The second-order valence-electron chi connectivity index (χ2n) is 7.19. The number of rotatable bonds is 5. The van der Waals surface area contributed by atoms with Gasteiger partial charge >= 0.3 is 0 Å². The van der Waals surface area contributed by atoms with E-state index in [2.05, 4.69) is 10.2 Å². The van der Waals surface area contributed by atoms with Crippen molar-refractivity contribution in [2.45, 2.75) is 11.2 Å². The van der Waals surface area contributed by atoms with Crippen molar-refractivity contribution < 1.29 is 13.9 Å². The molecule has 0 saturated heterocycles. The molecule has 8 heteroatoms. The lowest BCUT2D eigenvalue weighted by Crippen LogP contribution is -2.42. The summed E-state index contributed by atoms with van der Waals surface area (Å²) in [5, 5.41) is 8.44. The zero-order chi connectivity index (χ0) is 21.9. The number of carbonyl (C=O) groups is 1. The van der Waals surface area contributed by atoms with Crippen molar-refractivity contribution in [3.8, 4) is 11.4 Å². The van der Waals surface area contributed by atoms with Crippen molar-refractivity contribution in [3.05, 3.63) is 96.6 Å². The number of ether oxygens (including phenoxy) is 1. The monoisotopic (exact) mass is 446 g/mol. The molecule has 1 aromatic heterocycles. The molecule has 5 rings (SSSR count). The van der Waals surface area contributed by atoms with E-state index in [-0.39, 0.29) is 23.5 Å². The van der Waals surface area contributed by atoms with E-state index in [1.54, 1.807) is 27.7 Å². The van der Waals surface area contributed by atoms with Crippen LogP contribution in [0.2, 0.25) is 0 Å². The Hall–Kier alpha value is -3.65. The molecule has 0 spiro atoms. The van der Waals surface area contributed by atoms with E-state index < -0.39 is 0 Å². The van der Waals surface area contributed by atoms with E-state index in [0.717, 1.165) is 11.3 Å². The topological polar surface area (TPSA) is 60.2 Å². The summed E-state index contributed by atoms with van der Waals surface area (Å²) in [6.07, 6.45) is 1.45. The molecule has 1 atom stereocenters. The molecule has 4 aromatic rings. The number of nitrogens with zero attached hydrogens (tertiary/aromatic N) is 4. The lowest BCUT2D eigenvalue weighted by molar-refractivity contribution is -0.117. The van der Waals surface area contributed by atoms with E-state index >= 15 is 0 Å². The summed E-state index contributed by atoms with van der Waals surface area (Å²) >= 11 is 1.22. The van der Waals surface area contributed by atoms with Crippen LogP contribution in [0.4, 0.5) is 10.1 Å². The average molecular weight is 447 g/mol. The zero-order valence-corrected chi connectivity index (χ0v) is 17.8. The van der Waals surface area contributed by atoms with Gasteiger partial charge in [0.05, 0.1) is 23.2 Å². The molecule has 0 saturated carbocycles. The Morgan fingerprint density at radius 2 is 1.72 bits per heavy atom. The van der Waals surface area contributed by atoms with Crippen LogP contribution in [0.3, 0.4) is 0 Å². The smallest absolute Gasteiger partial charge is 0.238 e. The van der Waals surface area contributed by atoms with Crippen molar-refractivity contribution >= 4 is 23.4 Å². The first-order chi connectivity index (χ1) is 15.7. The van der Waals surface area contributed by atoms with Crippen LogP contribution < -0.4 is 9.64 Å². The maximum Gasteiger partial charge on any atom is 0.238 e. The van der Waals surface area contributed by atoms with E-state index in [4.69, 9.17) is 4.74 Å². The van der Waals surface area contributed by atoms with Crippen molar-refractivity contribution in [1.82, 2.24) is 14.8 Å². The number of hydrogen-bond acceptors (Lipinski definition) is 5. The number of para-hydroxylation sites is 3. The van der Waals surface area contributed by atoms with Crippen LogP contribution in [0.25, 0.3) is 5.69 Å². The summed E-state index contributed by atoms with van der Waals surface area (Å²) in [5.41, 5.74) is 2.06. The summed E-state index contributed by atoms with van der Waals surface area (Å²) in [5.74, 6) is 0.312. The van der Waals surface area contributed by atoms with Crippen LogP contribution >= 0.6 is 11.8 Å². The van der Waals surface area contributed by atoms with Gasteiger partial charge in [0.2, 0.25) is 5.91 Å². The fourth-order valence-electron chi connectivity index (χ4n) is 3.75. The van der Waals surface area contributed by atoms with Gasteiger partial charge in [0.1, 0.15) is 24.5 Å². The van der Waals surface area contributed by atoms with Gasteiger partial charge in [0.15, 0.2) is 5.16 Å². The molecular weight excluding hydrogens is 427 g/mol. The number of thioether (sulfide) groups is 1. The van der Waals surface area contributed by atoms with Gasteiger partial charge in [-0.2, -0.15) is 0 Å². The minimum atomic E-state index is -0.383. The fourth-order valence-corrected chi connectivity index (χ4v) is 4.53. The molecule has 6 nitrogen and oxygen atoms in total. The van der Waals surface area contributed by atoms with Crippen LogP contribution in [-0.2, 0) is 4.79 Å². The highest BCUT2D eigenvalue weighted by molar-refractivity contribution is 7.99. The van der Waals surface area contributed by atoms with Crippen molar-refractivity contribution in [3.63, 3.8) is 0 Å². The normalized spacial score (nSPS) is 15.2. The Kier molecular flexibility index (Phi) is 5.60. The zero-order valence-electron chi connectivity index (χ0n) is 17.0. The largest absolute Gasteiger partial charge is 0.489 e. The first-order valence-corrected chi connectivity index (χ1v) is 11.1. The molecule has 1 aliphatic rings. The summed E-state index contributed by atoms with van der Waals surface area (Å²) in [6, 6.07) is 23.5. The van der Waals surface area contributed by atoms with Crippen molar-refractivity contribution in [1.29, 1.82) is 0 Å². The third-order valence-electron chi connectivity index (χ3n) is 5.24. The Labute approximate surface area is 188 Å². The maximum atomic E-state index is 14.3. The Morgan fingerprint density at radius 1 is 1.00 bits per heavy atom. The SMILES string of the molecule is O=C(CSc1nncn1-c1ccccc1F)N1c2ccccc2OC[C@H]1c1ccccc1. The van der Waals surface area contributed by atoms with Gasteiger partial charge < -0.3 is 4.74 Å². The molecule has 1 aliphatic heterocycles. The lowest BCUT2D eigenvalue weighted by atomic mass is 10.0. The minimum absolute atomic E-state index is 0.0947. The standard InChI is InChI=1S/C24H19FN4O2S/c25-18-10-4-5-11-19(18)28-16-26-27-24(28)32-15-23(30)29-20-12-6-7-13-22(20)31-14-21(29)17-8-2-1-3-9-17/h1-13,16,21H,14-15H2/t21-/m0/s1.